The maximum atomic E-state index is 12.8. The van der Waals surface area contributed by atoms with E-state index < -0.39 is 29.2 Å². The maximum absolute atomic E-state index is 12.8. The molecule has 0 aliphatic rings. The van der Waals surface area contributed by atoms with E-state index in [-0.39, 0.29) is 25.9 Å². The van der Waals surface area contributed by atoms with Gasteiger partial charge < -0.3 is 11.1 Å². The first-order valence-corrected chi connectivity index (χ1v) is 6.24. The first-order valence-electron chi connectivity index (χ1n) is 6.24. The third-order valence-corrected chi connectivity index (χ3v) is 2.67. The average Bonchev–Trinajstić information content (AvgIpc) is 2.47. The van der Waals surface area contributed by atoms with E-state index in [4.69, 9.17) is 5.73 Å². The minimum absolute atomic E-state index is 0.0901. The largest absolute Gasteiger partial charge is 0.418 e. The summed E-state index contributed by atoms with van der Waals surface area (Å²) in [7, 11) is 0. The number of carbonyl (C=O) groups excluding carboxylic acids is 3. The molecule has 0 spiro atoms. The van der Waals surface area contributed by atoms with Gasteiger partial charge in [0.2, 0.25) is 6.41 Å². The number of rotatable bonds is 5. The highest BCUT2D eigenvalue weighted by Gasteiger charge is 2.34. The number of halogens is 3. The number of hydrogen-bond donors (Lipinski definition) is 2. The molecule has 0 saturated heterocycles. The van der Waals surface area contributed by atoms with E-state index in [9.17, 15) is 27.6 Å². The number of hydrogen-bond acceptors (Lipinski definition) is 4. The second-order valence-electron chi connectivity index (χ2n) is 4.24. The molecule has 0 aliphatic carbocycles. The standard InChI is InChI=1S/C13H14F3N3O3/c14-13(15,16)9-4-1-2-5-10(9)18-11(21)12(22)19(8-20)7-3-6-17/h1-2,4-5,8H,3,6-7,17H2,(H,18,21). The van der Waals surface area contributed by atoms with Crippen LogP contribution < -0.4 is 11.1 Å². The van der Waals surface area contributed by atoms with Gasteiger partial charge in [0.05, 0.1) is 11.3 Å². The predicted octanol–water partition coefficient (Wildman–Crippen LogP) is 0.978. The molecule has 0 saturated carbocycles. The Labute approximate surface area is 124 Å². The molecule has 6 nitrogen and oxygen atoms in total. The number of imide groups is 1. The van der Waals surface area contributed by atoms with Crippen molar-refractivity contribution in [1.29, 1.82) is 0 Å². The van der Waals surface area contributed by atoms with Crippen LogP contribution in [0.1, 0.15) is 12.0 Å². The number of alkyl halides is 3. The summed E-state index contributed by atoms with van der Waals surface area (Å²) in [5.41, 5.74) is 3.57. The smallest absolute Gasteiger partial charge is 0.330 e. The lowest BCUT2D eigenvalue weighted by Crippen LogP contribution is -2.40. The zero-order chi connectivity index (χ0) is 16.8. The Balaban J connectivity index is 2.89. The van der Waals surface area contributed by atoms with E-state index in [2.05, 4.69) is 0 Å². The average molecular weight is 317 g/mol. The molecule has 0 aliphatic heterocycles. The molecule has 0 unspecified atom stereocenters. The molecule has 9 heteroatoms. The van der Waals surface area contributed by atoms with Crippen LogP contribution in [0, 0.1) is 0 Å². The monoisotopic (exact) mass is 317 g/mol. The van der Waals surface area contributed by atoms with Crippen LogP contribution in [0.3, 0.4) is 0 Å². The summed E-state index contributed by atoms with van der Waals surface area (Å²) in [5, 5.41) is 1.87. The number of benzene rings is 1. The molecule has 1 aromatic carbocycles. The van der Waals surface area contributed by atoms with Gasteiger partial charge in [-0.1, -0.05) is 12.1 Å². The number of nitrogens with two attached hydrogens (primary N) is 1. The van der Waals surface area contributed by atoms with Crippen molar-refractivity contribution < 1.29 is 27.6 Å². The summed E-state index contributed by atoms with van der Waals surface area (Å²) in [5.74, 6) is -2.58. The summed E-state index contributed by atoms with van der Waals surface area (Å²) in [4.78, 5) is 34.7. The zero-order valence-electron chi connectivity index (χ0n) is 11.4. The van der Waals surface area contributed by atoms with Crippen LogP contribution in [-0.2, 0) is 20.6 Å². The minimum Gasteiger partial charge on any atom is -0.330 e. The lowest BCUT2D eigenvalue weighted by molar-refractivity contribution is -0.146. The molecule has 0 aromatic heterocycles. The van der Waals surface area contributed by atoms with Gasteiger partial charge in [0.1, 0.15) is 0 Å². The van der Waals surface area contributed by atoms with Gasteiger partial charge in [-0.3, -0.25) is 19.3 Å². The number of nitrogens with zero attached hydrogens (tertiary/aromatic N) is 1. The molecule has 0 radical (unpaired) electrons. The topological polar surface area (TPSA) is 92.5 Å². The van der Waals surface area contributed by atoms with E-state index in [0.29, 0.717) is 4.90 Å². The number of anilines is 1. The summed E-state index contributed by atoms with van der Waals surface area (Å²) in [6, 6.07) is 4.21. The van der Waals surface area contributed by atoms with Gasteiger partial charge in [0, 0.05) is 6.54 Å². The summed E-state index contributed by atoms with van der Waals surface area (Å²) >= 11 is 0. The Kier molecular flexibility index (Phi) is 6.05. The Morgan fingerprint density at radius 1 is 1.27 bits per heavy atom. The number of carbonyl (C=O) groups is 3. The SMILES string of the molecule is NCCCN(C=O)C(=O)C(=O)Nc1ccccc1C(F)(F)F. The second kappa shape index (κ2) is 7.55. The maximum Gasteiger partial charge on any atom is 0.418 e. The molecule has 0 heterocycles. The fourth-order valence-electron chi connectivity index (χ4n) is 1.61. The summed E-state index contributed by atoms with van der Waals surface area (Å²) in [6.45, 7) is 0.101. The van der Waals surface area contributed by atoms with Gasteiger partial charge >= 0.3 is 18.0 Å². The lowest BCUT2D eigenvalue weighted by atomic mass is 10.1. The molecule has 0 fully saturated rings. The Morgan fingerprint density at radius 3 is 2.45 bits per heavy atom. The minimum atomic E-state index is -4.68. The number of para-hydroxylation sites is 1. The molecular formula is C13H14F3N3O3. The van der Waals surface area contributed by atoms with Crippen LogP contribution in [-0.4, -0.2) is 36.2 Å². The summed E-state index contributed by atoms with van der Waals surface area (Å²) in [6.07, 6.45) is -4.28. The van der Waals surface area contributed by atoms with Gasteiger partial charge in [-0.15, -0.1) is 0 Å². The molecule has 1 rings (SSSR count). The number of nitrogens with one attached hydrogen (secondary N) is 1. The highest BCUT2D eigenvalue weighted by Crippen LogP contribution is 2.34. The van der Waals surface area contributed by atoms with Crippen molar-refractivity contribution >= 4 is 23.9 Å². The van der Waals surface area contributed by atoms with Crippen molar-refractivity contribution in [2.24, 2.45) is 5.73 Å². The Morgan fingerprint density at radius 2 is 1.91 bits per heavy atom. The first kappa shape index (κ1) is 17.6. The normalized spacial score (nSPS) is 10.9. The van der Waals surface area contributed by atoms with Gasteiger partial charge in [-0.05, 0) is 25.1 Å². The molecule has 1 aromatic rings. The van der Waals surface area contributed by atoms with Crippen LogP contribution >= 0.6 is 0 Å². The van der Waals surface area contributed by atoms with Gasteiger partial charge in [0.15, 0.2) is 0 Å². The van der Waals surface area contributed by atoms with Gasteiger partial charge in [0.25, 0.3) is 0 Å². The zero-order valence-corrected chi connectivity index (χ0v) is 11.4. The van der Waals surface area contributed by atoms with Crippen molar-refractivity contribution in [3.63, 3.8) is 0 Å². The van der Waals surface area contributed by atoms with Crippen LogP contribution in [0.15, 0.2) is 24.3 Å². The molecule has 22 heavy (non-hydrogen) atoms. The van der Waals surface area contributed by atoms with Crippen molar-refractivity contribution in [3.05, 3.63) is 29.8 Å². The third kappa shape index (κ3) is 4.55. The quantitative estimate of drug-likeness (QED) is 0.625. The van der Waals surface area contributed by atoms with Crippen LogP contribution in [0.25, 0.3) is 0 Å². The van der Waals surface area contributed by atoms with E-state index >= 15 is 0 Å². The van der Waals surface area contributed by atoms with E-state index in [1.807, 2.05) is 5.32 Å². The first-order chi connectivity index (χ1) is 10.3. The van der Waals surface area contributed by atoms with Crippen molar-refractivity contribution in [1.82, 2.24) is 4.90 Å². The van der Waals surface area contributed by atoms with Gasteiger partial charge in [-0.2, -0.15) is 13.2 Å². The lowest BCUT2D eigenvalue weighted by Gasteiger charge is -2.16. The fourth-order valence-corrected chi connectivity index (χ4v) is 1.61. The Hall–Kier alpha value is -2.42. The van der Waals surface area contributed by atoms with Crippen molar-refractivity contribution in [2.75, 3.05) is 18.4 Å². The van der Waals surface area contributed by atoms with E-state index in [0.717, 1.165) is 18.2 Å². The predicted molar refractivity (Wildman–Crippen MR) is 71.5 cm³/mol. The van der Waals surface area contributed by atoms with Crippen LogP contribution in [0.2, 0.25) is 0 Å². The van der Waals surface area contributed by atoms with Gasteiger partial charge in [-0.25, -0.2) is 0 Å². The second-order valence-corrected chi connectivity index (χ2v) is 4.24. The molecule has 3 amide bonds. The molecule has 3 N–H and O–H groups in total. The summed E-state index contributed by atoms with van der Waals surface area (Å²) < 4.78 is 38.3. The fraction of sp³-hybridized carbons (Fsp3) is 0.308. The van der Waals surface area contributed by atoms with Crippen LogP contribution in [0.5, 0.6) is 0 Å². The van der Waals surface area contributed by atoms with Crippen LogP contribution in [0.4, 0.5) is 18.9 Å². The third-order valence-electron chi connectivity index (χ3n) is 2.67. The molecular weight excluding hydrogens is 303 g/mol. The molecule has 0 bridgehead atoms. The molecule has 120 valence electrons. The highest BCUT2D eigenvalue weighted by molar-refractivity contribution is 6.41. The van der Waals surface area contributed by atoms with Crippen molar-refractivity contribution in [2.45, 2.75) is 12.6 Å². The highest BCUT2D eigenvalue weighted by atomic mass is 19.4. The molecule has 0 atom stereocenters. The van der Waals surface area contributed by atoms with E-state index in [1.165, 1.54) is 6.07 Å². The van der Waals surface area contributed by atoms with Crippen molar-refractivity contribution in [3.8, 4) is 0 Å². The Bertz CT molecular complexity index is 561. The number of amides is 3. The van der Waals surface area contributed by atoms with E-state index in [1.54, 1.807) is 0 Å².